The molecule has 3 aromatic rings. The number of amides is 1. The SMILES string of the molecule is Cc1occc(=O)c1OCc1ccc(-c2noc(C(=O)NC3CCCC3)n2)cc1. The third kappa shape index (κ3) is 4.37. The Kier molecular flexibility index (Phi) is 5.41. The fourth-order valence-electron chi connectivity index (χ4n) is 3.33. The maximum atomic E-state index is 12.2. The van der Waals surface area contributed by atoms with Crippen LogP contribution < -0.4 is 15.5 Å². The molecule has 150 valence electrons. The van der Waals surface area contributed by atoms with Crippen molar-refractivity contribution in [1.82, 2.24) is 15.5 Å². The topological polar surface area (TPSA) is 107 Å². The van der Waals surface area contributed by atoms with Crippen molar-refractivity contribution < 1.29 is 18.5 Å². The highest BCUT2D eigenvalue weighted by molar-refractivity contribution is 5.90. The molecule has 0 atom stereocenters. The Balaban J connectivity index is 1.39. The zero-order chi connectivity index (χ0) is 20.2. The predicted octanol–water partition coefficient (Wildman–Crippen LogP) is 3.25. The van der Waals surface area contributed by atoms with Crippen molar-refractivity contribution in [2.45, 2.75) is 45.3 Å². The molecule has 1 saturated carbocycles. The lowest BCUT2D eigenvalue weighted by atomic mass is 10.1. The number of hydrogen-bond acceptors (Lipinski definition) is 7. The van der Waals surface area contributed by atoms with Gasteiger partial charge in [-0.1, -0.05) is 42.3 Å². The van der Waals surface area contributed by atoms with E-state index < -0.39 is 0 Å². The molecule has 0 aliphatic heterocycles. The normalized spacial score (nSPS) is 14.1. The van der Waals surface area contributed by atoms with Crippen LogP contribution in [0, 0.1) is 6.92 Å². The molecule has 0 spiro atoms. The third-order valence-electron chi connectivity index (χ3n) is 4.91. The van der Waals surface area contributed by atoms with E-state index in [1.165, 1.54) is 12.3 Å². The largest absolute Gasteiger partial charge is 0.482 e. The molecule has 2 heterocycles. The first-order chi connectivity index (χ1) is 14.1. The lowest BCUT2D eigenvalue weighted by Crippen LogP contribution is -2.32. The second kappa shape index (κ2) is 8.30. The summed E-state index contributed by atoms with van der Waals surface area (Å²) in [6, 6.07) is 8.80. The van der Waals surface area contributed by atoms with E-state index >= 15 is 0 Å². The van der Waals surface area contributed by atoms with Gasteiger partial charge in [0.1, 0.15) is 12.4 Å². The molecule has 0 radical (unpaired) electrons. The van der Waals surface area contributed by atoms with Gasteiger partial charge in [0.05, 0.1) is 6.26 Å². The van der Waals surface area contributed by atoms with Gasteiger partial charge < -0.3 is 19.0 Å². The molecular weight excluding hydrogens is 374 g/mol. The Hall–Kier alpha value is -3.42. The van der Waals surface area contributed by atoms with E-state index in [1.54, 1.807) is 6.92 Å². The standard InChI is InChI=1S/C21H21N3O5/c1-13-18(17(25)10-11-27-13)28-12-14-6-8-15(9-7-14)19-23-21(29-24-19)20(26)22-16-4-2-3-5-16/h6-11,16H,2-5,12H2,1H3,(H,22,26). The van der Waals surface area contributed by atoms with E-state index in [9.17, 15) is 9.59 Å². The van der Waals surface area contributed by atoms with Crippen LogP contribution in [-0.4, -0.2) is 22.1 Å². The molecule has 8 nitrogen and oxygen atoms in total. The first kappa shape index (κ1) is 18.9. The van der Waals surface area contributed by atoms with E-state index in [-0.39, 0.29) is 35.6 Å². The van der Waals surface area contributed by atoms with E-state index in [2.05, 4.69) is 15.5 Å². The highest BCUT2D eigenvalue weighted by Gasteiger charge is 2.22. The molecule has 0 unspecified atom stereocenters. The molecule has 1 aliphatic carbocycles. The van der Waals surface area contributed by atoms with Gasteiger partial charge >= 0.3 is 11.8 Å². The monoisotopic (exact) mass is 395 g/mol. The fraction of sp³-hybridized carbons (Fsp3) is 0.333. The van der Waals surface area contributed by atoms with Gasteiger partial charge in [-0.15, -0.1) is 0 Å². The summed E-state index contributed by atoms with van der Waals surface area (Å²) in [5.41, 5.74) is 1.35. The Bertz CT molecular complexity index is 1050. The number of nitrogens with zero attached hydrogens (tertiary/aromatic N) is 2. The lowest BCUT2D eigenvalue weighted by Gasteiger charge is -2.08. The Labute approximate surface area is 166 Å². The predicted molar refractivity (Wildman–Crippen MR) is 104 cm³/mol. The minimum atomic E-state index is -0.335. The number of carbonyl (C=O) groups excluding carboxylic acids is 1. The molecule has 4 rings (SSSR count). The highest BCUT2D eigenvalue weighted by atomic mass is 16.5. The summed E-state index contributed by atoms with van der Waals surface area (Å²) in [6.45, 7) is 1.90. The fourth-order valence-corrected chi connectivity index (χ4v) is 3.33. The minimum Gasteiger partial charge on any atom is -0.482 e. The van der Waals surface area contributed by atoms with Crippen LogP contribution in [0.4, 0.5) is 0 Å². The van der Waals surface area contributed by atoms with E-state index in [0.29, 0.717) is 17.1 Å². The molecule has 29 heavy (non-hydrogen) atoms. The van der Waals surface area contributed by atoms with Gasteiger partial charge in [-0.3, -0.25) is 9.59 Å². The smallest absolute Gasteiger partial charge is 0.316 e. The van der Waals surface area contributed by atoms with Crippen LogP contribution in [0.3, 0.4) is 0 Å². The van der Waals surface area contributed by atoms with Crippen LogP contribution >= 0.6 is 0 Å². The summed E-state index contributed by atoms with van der Waals surface area (Å²) in [5, 5.41) is 6.82. The van der Waals surface area contributed by atoms with Crippen molar-refractivity contribution >= 4 is 5.91 Å². The molecule has 1 aliphatic rings. The van der Waals surface area contributed by atoms with Crippen molar-refractivity contribution in [1.29, 1.82) is 0 Å². The van der Waals surface area contributed by atoms with Crippen LogP contribution in [-0.2, 0) is 6.61 Å². The van der Waals surface area contributed by atoms with E-state index in [4.69, 9.17) is 13.7 Å². The van der Waals surface area contributed by atoms with Crippen molar-refractivity contribution in [3.8, 4) is 17.1 Å². The van der Waals surface area contributed by atoms with Crippen molar-refractivity contribution in [2.24, 2.45) is 0 Å². The zero-order valence-electron chi connectivity index (χ0n) is 16.0. The molecule has 0 saturated heterocycles. The molecule has 1 aromatic carbocycles. The number of aromatic nitrogens is 2. The van der Waals surface area contributed by atoms with Gasteiger partial charge in [0.15, 0.2) is 0 Å². The average Bonchev–Trinajstić information content (AvgIpc) is 3.40. The van der Waals surface area contributed by atoms with Crippen LogP contribution in [0.2, 0.25) is 0 Å². The van der Waals surface area contributed by atoms with Crippen molar-refractivity contribution in [2.75, 3.05) is 0 Å². The number of hydrogen-bond donors (Lipinski definition) is 1. The van der Waals surface area contributed by atoms with Crippen LogP contribution in [0.1, 0.15) is 47.7 Å². The molecule has 8 heteroatoms. The summed E-state index contributed by atoms with van der Waals surface area (Å²) in [5.74, 6) is 0.605. The summed E-state index contributed by atoms with van der Waals surface area (Å²) in [6.07, 6.45) is 5.57. The van der Waals surface area contributed by atoms with Crippen molar-refractivity contribution in [3.05, 3.63) is 64.0 Å². The summed E-state index contributed by atoms with van der Waals surface area (Å²) in [7, 11) is 0. The number of rotatable bonds is 6. The number of aryl methyl sites for hydroxylation is 1. The average molecular weight is 395 g/mol. The number of nitrogens with one attached hydrogen (secondary N) is 1. The Morgan fingerprint density at radius 2 is 1.97 bits per heavy atom. The van der Waals surface area contributed by atoms with Crippen LogP contribution in [0.25, 0.3) is 11.4 Å². The Morgan fingerprint density at radius 3 is 2.69 bits per heavy atom. The quantitative estimate of drug-likeness (QED) is 0.682. The first-order valence-corrected chi connectivity index (χ1v) is 9.55. The van der Waals surface area contributed by atoms with Gasteiger partial charge in [-0.25, -0.2) is 0 Å². The highest BCUT2D eigenvalue weighted by Crippen LogP contribution is 2.20. The number of carbonyl (C=O) groups is 1. The summed E-state index contributed by atoms with van der Waals surface area (Å²) >= 11 is 0. The molecule has 2 aromatic heterocycles. The molecule has 1 amide bonds. The second-order valence-corrected chi connectivity index (χ2v) is 7.03. The van der Waals surface area contributed by atoms with E-state index in [1.807, 2.05) is 24.3 Å². The summed E-state index contributed by atoms with van der Waals surface area (Å²) < 4.78 is 15.9. The van der Waals surface area contributed by atoms with Gasteiger partial charge in [0.2, 0.25) is 17.0 Å². The third-order valence-corrected chi connectivity index (χ3v) is 4.91. The molecule has 1 fully saturated rings. The maximum Gasteiger partial charge on any atom is 0.316 e. The second-order valence-electron chi connectivity index (χ2n) is 7.03. The number of benzene rings is 1. The Morgan fingerprint density at radius 1 is 1.21 bits per heavy atom. The minimum absolute atomic E-state index is 0.0365. The van der Waals surface area contributed by atoms with Gasteiger partial charge in [0.25, 0.3) is 0 Å². The lowest BCUT2D eigenvalue weighted by molar-refractivity contribution is 0.0893. The van der Waals surface area contributed by atoms with Gasteiger partial charge in [0, 0.05) is 17.7 Å². The summed E-state index contributed by atoms with van der Waals surface area (Å²) in [4.78, 5) is 28.2. The first-order valence-electron chi connectivity index (χ1n) is 9.55. The van der Waals surface area contributed by atoms with Crippen LogP contribution in [0.15, 0.2) is 50.3 Å². The number of ether oxygens (including phenoxy) is 1. The van der Waals surface area contributed by atoms with Crippen LogP contribution in [0.5, 0.6) is 5.75 Å². The molecular formula is C21H21N3O5. The van der Waals surface area contributed by atoms with Crippen molar-refractivity contribution in [3.63, 3.8) is 0 Å². The van der Waals surface area contributed by atoms with Gasteiger partial charge in [-0.2, -0.15) is 4.98 Å². The van der Waals surface area contributed by atoms with E-state index in [0.717, 1.165) is 31.2 Å². The van der Waals surface area contributed by atoms with Gasteiger partial charge in [-0.05, 0) is 25.3 Å². The molecule has 1 N–H and O–H groups in total. The molecule has 0 bridgehead atoms. The zero-order valence-corrected chi connectivity index (χ0v) is 16.0. The maximum absolute atomic E-state index is 12.2.